The van der Waals surface area contributed by atoms with Crippen LogP contribution in [-0.4, -0.2) is 13.1 Å². The van der Waals surface area contributed by atoms with E-state index in [1.807, 2.05) is 0 Å². The Morgan fingerprint density at radius 3 is 2.00 bits per heavy atom. The molecule has 1 nitrogen and oxygen atoms in total. The summed E-state index contributed by atoms with van der Waals surface area (Å²) in [6.07, 6.45) is 1.28. The zero-order valence-electron chi connectivity index (χ0n) is 9.35. The highest BCUT2D eigenvalue weighted by Gasteiger charge is 2.06. The summed E-state index contributed by atoms with van der Waals surface area (Å²) in [6.45, 7) is 13.8. The second-order valence-electron chi connectivity index (χ2n) is 4.39. The average molecular weight is 171 g/mol. The molecular weight excluding hydrogens is 146 g/mol. The molecule has 2 atom stereocenters. The fourth-order valence-electron chi connectivity index (χ4n) is 0.937. The van der Waals surface area contributed by atoms with Gasteiger partial charge in [-0.1, -0.05) is 41.0 Å². The molecule has 1 N–H and O–H groups in total. The molecule has 0 fully saturated rings. The van der Waals surface area contributed by atoms with Gasteiger partial charge in [-0.15, -0.1) is 0 Å². The van der Waals surface area contributed by atoms with Crippen molar-refractivity contribution >= 4 is 0 Å². The zero-order valence-corrected chi connectivity index (χ0v) is 9.35. The summed E-state index contributed by atoms with van der Waals surface area (Å²) in [7, 11) is 0. The molecule has 0 aromatic rings. The van der Waals surface area contributed by atoms with Gasteiger partial charge in [0.2, 0.25) is 0 Å². The third-order valence-electron chi connectivity index (χ3n) is 2.79. The molecule has 0 aliphatic carbocycles. The fourth-order valence-corrected chi connectivity index (χ4v) is 0.937. The maximum atomic E-state index is 3.52. The molecule has 1 heteroatoms. The highest BCUT2D eigenvalue weighted by Crippen LogP contribution is 2.07. The van der Waals surface area contributed by atoms with Crippen LogP contribution >= 0.6 is 0 Å². The molecule has 0 bridgehead atoms. The summed E-state index contributed by atoms with van der Waals surface area (Å²) in [5.41, 5.74) is 0. The Kier molecular flexibility index (Phi) is 6.45. The van der Waals surface area contributed by atoms with Crippen molar-refractivity contribution in [3.8, 4) is 0 Å². The van der Waals surface area contributed by atoms with E-state index in [1.54, 1.807) is 0 Å². The molecule has 0 aliphatic heterocycles. The molecule has 74 valence electrons. The van der Waals surface area contributed by atoms with Gasteiger partial charge in [-0.25, -0.2) is 0 Å². The molecule has 0 heterocycles. The molecule has 0 rings (SSSR count). The van der Waals surface area contributed by atoms with Gasteiger partial charge >= 0.3 is 0 Å². The lowest BCUT2D eigenvalue weighted by Gasteiger charge is -2.17. The Bertz CT molecular complexity index is 99.2. The largest absolute Gasteiger partial charge is 0.316 e. The fraction of sp³-hybridized carbons (Fsp3) is 1.00. The lowest BCUT2D eigenvalue weighted by Crippen LogP contribution is -2.27. The number of nitrogens with one attached hydrogen (secondary N) is 1. The number of rotatable bonds is 6. The molecule has 0 saturated heterocycles. The van der Waals surface area contributed by atoms with Crippen molar-refractivity contribution in [2.75, 3.05) is 13.1 Å². The molecule has 0 aromatic carbocycles. The second-order valence-corrected chi connectivity index (χ2v) is 4.39. The normalized spacial score (nSPS) is 16.5. The Morgan fingerprint density at radius 1 is 1.00 bits per heavy atom. The van der Waals surface area contributed by atoms with Crippen LogP contribution in [0, 0.1) is 17.8 Å². The van der Waals surface area contributed by atoms with Crippen molar-refractivity contribution in [2.45, 2.75) is 41.0 Å². The van der Waals surface area contributed by atoms with Crippen LogP contribution in [0.15, 0.2) is 0 Å². The Hall–Kier alpha value is -0.0400. The van der Waals surface area contributed by atoms with Crippen molar-refractivity contribution in [1.29, 1.82) is 0 Å². The Morgan fingerprint density at radius 2 is 1.58 bits per heavy atom. The summed E-state index contributed by atoms with van der Waals surface area (Å²) in [4.78, 5) is 0. The van der Waals surface area contributed by atoms with E-state index >= 15 is 0 Å². The minimum absolute atomic E-state index is 0.800. The number of hydrogen-bond acceptors (Lipinski definition) is 1. The summed E-state index contributed by atoms with van der Waals surface area (Å²) in [5.74, 6) is 2.42. The van der Waals surface area contributed by atoms with Crippen LogP contribution in [0.5, 0.6) is 0 Å². The minimum atomic E-state index is 0.800. The van der Waals surface area contributed by atoms with Crippen molar-refractivity contribution in [1.82, 2.24) is 5.32 Å². The summed E-state index contributed by atoms with van der Waals surface area (Å²) in [6, 6.07) is 0. The topological polar surface area (TPSA) is 12.0 Å². The maximum absolute atomic E-state index is 3.52. The van der Waals surface area contributed by atoms with E-state index < -0.39 is 0 Å². The van der Waals surface area contributed by atoms with Crippen LogP contribution < -0.4 is 5.32 Å². The van der Waals surface area contributed by atoms with Crippen LogP contribution in [-0.2, 0) is 0 Å². The van der Waals surface area contributed by atoms with Gasteiger partial charge in [0.05, 0.1) is 0 Å². The average Bonchev–Trinajstić information content (AvgIpc) is 2.03. The van der Waals surface area contributed by atoms with Gasteiger partial charge in [0, 0.05) is 0 Å². The van der Waals surface area contributed by atoms with Gasteiger partial charge in [0.15, 0.2) is 0 Å². The van der Waals surface area contributed by atoms with Gasteiger partial charge in [0.1, 0.15) is 0 Å². The standard InChI is InChI=1S/C11H25N/c1-6-10(4)7-12-8-11(5)9(2)3/h9-12H,6-8H2,1-5H3. The van der Waals surface area contributed by atoms with Gasteiger partial charge < -0.3 is 5.32 Å². The molecular formula is C11H25N. The van der Waals surface area contributed by atoms with Crippen LogP contribution in [0.1, 0.15) is 41.0 Å². The van der Waals surface area contributed by atoms with E-state index in [0.717, 1.165) is 17.8 Å². The molecule has 2 unspecified atom stereocenters. The van der Waals surface area contributed by atoms with Crippen molar-refractivity contribution in [3.63, 3.8) is 0 Å². The smallest absolute Gasteiger partial charge is 0.00206 e. The van der Waals surface area contributed by atoms with E-state index in [1.165, 1.54) is 19.5 Å². The summed E-state index contributed by atoms with van der Waals surface area (Å²) < 4.78 is 0. The summed E-state index contributed by atoms with van der Waals surface area (Å²) >= 11 is 0. The van der Waals surface area contributed by atoms with E-state index in [0.29, 0.717) is 0 Å². The van der Waals surface area contributed by atoms with Crippen LogP contribution in [0.4, 0.5) is 0 Å². The number of hydrogen-bond donors (Lipinski definition) is 1. The quantitative estimate of drug-likeness (QED) is 0.648. The molecule has 12 heavy (non-hydrogen) atoms. The Labute approximate surface area is 77.9 Å². The first kappa shape index (κ1) is 12.0. The SMILES string of the molecule is CCC(C)CNCC(C)C(C)C. The molecule has 0 saturated carbocycles. The second kappa shape index (κ2) is 6.47. The first-order chi connectivity index (χ1) is 5.57. The predicted octanol–water partition coefficient (Wildman–Crippen LogP) is 2.91. The van der Waals surface area contributed by atoms with Crippen molar-refractivity contribution in [2.24, 2.45) is 17.8 Å². The lowest BCUT2D eigenvalue weighted by molar-refractivity contribution is 0.376. The predicted molar refractivity (Wildman–Crippen MR) is 56.3 cm³/mol. The molecule has 0 radical (unpaired) electrons. The van der Waals surface area contributed by atoms with Gasteiger partial charge in [-0.3, -0.25) is 0 Å². The molecule has 0 spiro atoms. The maximum Gasteiger partial charge on any atom is -0.00206 e. The van der Waals surface area contributed by atoms with Crippen molar-refractivity contribution < 1.29 is 0 Å². The highest BCUT2D eigenvalue weighted by atomic mass is 14.9. The van der Waals surface area contributed by atoms with Gasteiger partial charge in [-0.2, -0.15) is 0 Å². The molecule has 0 amide bonds. The van der Waals surface area contributed by atoms with Crippen LogP contribution in [0.2, 0.25) is 0 Å². The lowest BCUT2D eigenvalue weighted by atomic mass is 9.98. The van der Waals surface area contributed by atoms with E-state index in [-0.39, 0.29) is 0 Å². The van der Waals surface area contributed by atoms with E-state index in [2.05, 4.69) is 39.9 Å². The van der Waals surface area contributed by atoms with Crippen LogP contribution in [0.25, 0.3) is 0 Å². The monoisotopic (exact) mass is 171 g/mol. The van der Waals surface area contributed by atoms with Gasteiger partial charge in [-0.05, 0) is 30.8 Å². The van der Waals surface area contributed by atoms with Gasteiger partial charge in [0.25, 0.3) is 0 Å². The minimum Gasteiger partial charge on any atom is -0.316 e. The van der Waals surface area contributed by atoms with Crippen LogP contribution in [0.3, 0.4) is 0 Å². The molecule has 0 aliphatic rings. The zero-order chi connectivity index (χ0) is 9.56. The first-order valence-electron chi connectivity index (χ1n) is 5.28. The molecule has 0 aromatic heterocycles. The van der Waals surface area contributed by atoms with Crippen molar-refractivity contribution in [3.05, 3.63) is 0 Å². The first-order valence-corrected chi connectivity index (χ1v) is 5.28. The third-order valence-corrected chi connectivity index (χ3v) is 2.79. The van der Waals surface area contributed by atoms with E-state index in [9.17, 15) is 0 Å². The van der Waals surface area contributed by atoms with E-state index in [4.69, 9.17) is 0 Å². The highest BCUT2D eigenvalue weighted by molar-refractivity contribution is 4.62. The third kappa shape index (κ3) is 5.59. The Balaban J connectivity index is 3.30. The summed E-state index contributed by atoms with van der Waals surface area (Å²) in [5, 5.41) is 3.52.